The molecule has 0 fully saturated rings. The number of aliphatic carboxylic acids is 1. The molecule has 0 aliphatic rings. The van der Waals surface area contributed by atoms with E-state index in [1.54, 1.807) is 24.0 Å². The molecule has 0 amide bonds. The molecule has 3 N–H and O–H groups in total. The molecule has 0 bridgehead atoms. The number of rotatable bonds is 15. The summed E-state index contributed by atoms with van der Waals surface area (Å²) >= 11 is 0. The van der Waals surface area contributed by atoms with Gasteiger partial charge in [0.25, 0.3) is 0 Å². The van der Waals surface area contributed by atoms with Crippen LogP contribution in [0.4, 0.5) is 0 Å². The van der Waals surface area contributed by atoms with Crippen molar-refractivity contribution >= 4 is 5.97 Å². The number of aliphatic hydroxyl groups is 2. The number of carboxylic acids is 1. The maximum Gasteiger partial charge on any atom is 1.00 e. The molecule has 3 atom stereocenters. The van der Waals surface area contributed by atoms with E-state index in [0.29, 0.717) is 38.9 Å². The summed E-state index contributed by atoms with van der Waals surface area (Å²) in [5.74, 6) is -1.16. The summed E-state index contributed by atoms with van der Waals surface area (Å²) in [7, 11) is 0. The van der Waals surface area contributed by atoms with E-state index in [4.69, 9.17) is 0 Å². The van der Waals surface area contributed by atoms with Crippen LogP contribution in [0.3, 0.4) is 0 Å². The van der Waals surface area contributed by atoms with Gasteiger partial charge in [-0.25, -0.2) is 0 Å². The maximum atomic E-state index is 11.1. The van der Waals surface area contributed by atoms with Crippen LogP contribution in [0.5, 0.6) is 0 Å². The monoisotopic (exact) mass is 350 g/mol. The predicted molar refractivity (Wildman–Crippen MR) is 89.8 cm³/mol. The molecule has 0 aromatic rings. The number of hydrogen-bond donors (Lipinski definition) is 3. The molecular weight excluding hydrogens is 319 g/mol. The van der Waals surface area contributed by atoms with Crippen molar-refractivity contribution in [2.75, 3.05) is 26.2 Å². The number of hydrogen-bond acceptors (Lipinski definition) is 6. The van der Waals surface area contributed by atoms with E-state index in [-0.39, 0.29) is 36.1 Å². The molecule has 6 nitrogen and oxygen atoms in total. The quantitative estimate of drug-likeness (QED) is 0.162. The smallest absolute Gasteiger partial charge is 0.548 e. The molecule has 0 rings (SSSR count). The normalized spacial score (nSPS) is 14.5. The topological polar surface area (TPSA) is 95.9 Å². The van der Waals surface area contributed by atoms with E-state index in [1.165, 1.54) is 0 Å². The second kappa shape index (κ2) is 16.3. The Kier molecular flexibility index (Phi) is 17.6. The molecule has 0 heterocycles. The average Bonchev–Trinajstić information content (AvgIpc) is 2.52. The number of nitrogens with one attached hydrogen (secondary N) is 1. The predicted octanol–water partition coefficient (Wildman–Crippen LogP) is -3.33. The fraction of sp³-hybridized carbons (Fsp3) is 0.706. The van der Waals surface area contributed by atoms with Crippen molar-refractivity contribution in [1.82, 2.24) is 10.2 Å². The first-order valence-corrected chi connectivity index (χ1v) is 8.15. The average molecular weight is 350 g/mol. The molecule has 3 unspecified atom stereocenters. The van der Waals surface area contributed by atoms with Gasteiger partial charge in [-0.1, -0.05) is 12.2 Å². The Labute approximate surface area is 167 Å². The van der Waals surface area contributed by atoms with Crippen molar-refractivity contribution < 1.29 is 49.7 Å². The van der Waals surface area contributed by atoms with E-state index in [2.05, 4.69) is 18.5 Å². The second-order valence-corrected chi connectivity index (χ2v) is 5.73. The molecule has 134 valence electrons. The van der Waals surface area contributed by atoms with Crippen molar-refractivity contribution in [2.24, 2.45) is 0 Å². The molecule has 0 aromatic carbocycles. The molecule has 0 aliphatic carbocycles. The number of aliphatic hydroxyl groups excluding tert-OH is 2. The molecule has 0 aliphatic heterocycles. The van der Waals surface area contributed by atoms with Crippen LogP contribution in [-0.4, -0.2) is 65.5 Å². The van der Waals surface area contributed by atoms with E-state index in [9.17, 15) is 20.1 Å². The number of carbonyl (C=O) groups is 1. The zero-order valence-corrected chi connectivity index (χ0v) is 17.1. The first-order chi connectivity index (χ1) is 10.9. The van der Waals surface area contributed by atoms with E-state index < -0.39 is 24.2 Å². The Morgan fingerprint density at radius 3 is 2.25 bits per heavy atom. The maximum absolute atomic E-state index is 11.1. The third-order valence-corrected chi connectivity index (χ3v) is 3.70. The number of nitrogens with zero attached hydrogens (tertiary/aromatic N) is 1. The fourth-order valence-corrected chi connectivity index (χ4v) is 2.17. The van der Waals surface area contributed by atoms with Crippen LogP contribution in [0.2, 0.25) is 0 Å². The van der Waals surface area contributed by atoms with Crippen molar-refractivity contribution in [2.45, 2.75) is 50.9 Å². The van der Waals surface area contributed by atoms with Crippen LogP contribution in [0.15, 0.2) is 25.3 Å². The van der Waals surface area contributed by atoms with E-state index in [0.717, 1.165) is 6.42 Å². The van der Waals surface area contributed by atoms with Gasteiger partial charge in [-0.3, -0.25) is 4.90 Å². The summed E-state index contributed by atoms with van der Waals surface area (Å²) in [5.41, 5.74) is 0. The largest absolute Gasteiger partial charge is 1.00 e. The number of carboxylic acid groups (broad SMARTS) is 1. The first-order valence-electron chi connectivity index (χ1n) is 8.15. The molecule has 24 heavy (non-hydrogen) atoms. The second-order valence-electron chi connectivity index (χ2n) is 5.73. The summed E-state index contributed by atoms with van der Waals surface area (Å²) in [6.45, 7) is 10.5. The van der Waals surface area contributed by atoms with Crippen molar-refractivity contribution in [3.05, 3.63) is 25.3 Å². The van der Waals surface area contributed by atoms with Crippen LogP contribution in [0.1, 0.15) is 32.6 Å². The van der Waals surface area contributed by atoms with Crippen LogP contribution >= 0.6 is 0 Å². The molecular formula is C17H31N2NaO4. The minimum Gasteiger partial charge on any atom is -0.548 e. The minimum atomic E-state index is -1.16. The van der Waals surface area contributed by atoms with Gasteiger partial charge in [-0.05, 0) is 32.6 Å². The molecule has 7 heteroatoms. The third-order valence-electron chi connectivity index (χ3n) is 3.70. The molecule has 0 aromatic heterocycles. The zero-order chi connectivity index (χ0) is 17.7. The minimum absolute atomic E-state index is 0. The van der Waals surface area contributed by atoms with Crippen LogP contribution in [0.25, 0.3) is 0 Å². The zero-order valence-electron chi connectivity index (χ0n) is 15.1. The third kappa shape index (κ3) is 13.1. The van der Waals surface area contributed by atoms with E-state index in [1.807, 2.05) is 0 Å². The summed E-state index contributed by atoms with van der Waals surface area (Å²) in [6.07, 6.45) is 5.07. The number of carbonyl (C=O) groups excluding carboxylic acids is 1. The Bertz CT molecular complexity index is 355. The SMILES string of the molecule is C=CCCC(O)CNCCN(CC(O)CCC=C)C(C)C(=O)[O-].[Na+]. The molecule has 0 spiro atoms. The summed E-state index contributed by atoms with van der Waals surface area (Å²) in [4.78, 5) is 12.7. The standard InChI is InChI=1S/C17H32N2O4.Na/c1-4-6-8-15(20)12-18-10-11-19(14(3)17(22)23)13-16(21)9-7-5-2;/h4-5,14-16,18,20-21H,1-2,6-13H2,3H3,(H,22,23);/q;+1/p-1. The van der Waals surface area contributed by atoms with Crippen molar-refractivity contribution in [1.29, 1.82) is 0 Å². The van der Waals surface area contributed by atoms with Crippen LogP contribution in [0, 0.1) is 0 Å². The summed E-state index contributed by atoms with van der Waals surface area (Å²) in [6, 6.07) is -0.777. The van der Waals surface area contributed by atoms with Gasteiger partial charge < -0.3 is 25.4 Å². The Balaban J connectivity index is 0. The van der Waals surface area contributed by atoms with Gasteiger partial charge >= 0.3 is 29.6 Å². The first kappa shape index (κ1) is 26.0. The van der Waals surface area contributed by atoms with Gasteiger partial charge in [0, 0.05) is 32.2 Å². The summed E-state index contributed by atoms with van der Waals surface area (Å²) in [5, 5.41) is 33.8. The molecule has 0 saturated carbocycles. The van der Waals surface area contributed by atoms with Crippen molar-refractivity contribution in [3.63, 3.8) is 0 Å². The van der Waals surface area contributed by atoms with E-state index >= 15 is 0 Å². The van der Waals surface area contributed by atoms with Gasteiger partial charge in [0.2, 0.25) is 0 Å². The van der Waals surface area contributed by atoms with Gasteiger partial charge in [-0.15, -0.1) is 13.2 Å². The van der Waals surface area contributed by atoms with Crippen molar-refractivity contribution in [3.8, 4) is 0 Å². The Hall–Kier alpha value is -0.210. The van der Waals surface area contributed by atoms with Gasteiger partial charge in [0.15, 0.2) is 0 Å². The van der Waals surface area contributed by atoms with Gasteiger partial charge in [-0.2, -0.15) is 0 Å². The Morgan fingerprint density at radius 2 is 1.75 bits per heavy atom. The molecule has 0 radical (unpaired) electrons. The summed E-state index contributed by atoms with van der Waals surface area (Å²) < 4.78 is 0. The Morgan fingerprint density at radius 1 is 1.21 bits per heavy atom. The van der Waals surface area contributed by atoms with Gasteiger partial charge in [0.05, 0.1) is 18.2 Å². The van der Waals surface area contributed by atoms with Crippen LogP contribution in [-0.2, 0) is 4.79 Å². The number of allylic oxidation sites excluding steroid dienone is 2. The fourth-order valence-electron chi connectivity index (χ4n) is 2.17. The molecule has 0 saturated heterocycles. The van der Waals surface area contributed by atoms with Crippen LogP contribution < -0.4 is 40.0 Å². The van der Waals surface area contributed by atoms with Gasteiger partial charge in [0.1, 0.15) is 0 Å².